The number of carbonyl (C=O) groups is 1. The fourth-order valence-electron chi connectivity index (χ4n) is 1.83. The van der Waals surface area contributed by atoms with Crippen LogP contribution in [0.4, 0.5) is 5.69 Å². The van der Waals surface area contributed by atoms with E-state index in [9.17, 15) is 9.90 Å². The van der Waals surface area contributed by atoms with Crippen molar-refractivity contribution in [2.45, 2.75) is 6.42 Å². The Bertz CT molecular complexity index is 634. The van der Waals surface area contributed by atoms with E-state index in [4.69, 9.17) is 28.9 Å². The second kappa shape index (κ2) is 6.70. The molecule has 0 unspecified atom stereocenters. The van der Waals surface area contributed by atoms with E-state index < -0.39 is 0 Å². The van der Waals surface area contributed by atoms with Gasteiger partial charge in [0.25, 0.3) is 5.91 Å². The number of hydrogen-bond donors (Lipinski definition) is 3. The Labute approximate surface area is 132 Å². The van der Waals surface area contributed by atoms with Gasteiger partial charge >= 0.3 is 0 Å². The number of halogens is 2. The Morgan fingerprint density at radius 3 is 2.48 bits per heavy atom. The molecule has 0 saturated carbocycles. The summed E-state index contributed by atoms with van der Waals surface area (Å²) in [6, 6.07) is 9.80. The van der Waals surface area contributed by atoms with Crippen LogP contribution in [0, 0.1) is 0 Å². The van der Waals surface area contributed by atoms with Gasteiger partial charge in [-0.2, -0.15) is 0 Å². The minimum Gasteiger partial charge on any atom is -0.508 e. The number of rotatable bonds is 4. The summed E-state index contributed by atoms with van der Waals surface area (Å²) in [4.78, 5) is 12.0. The van der Waals surface area contributed by atoms with Crippen molar-refractivity contribution >= 4 is 34.8 Å². The van der Waals surface area contributed by atoms with Crippen LogP contribution in [-0.4, -0.2) is 17.6 Å². The Morgan fingerprint density at radius 2 is 1.86 bits per heavy atom. The third-order valence-electron chi connectivity index (χ3n) is 2.95. The van der Waals surface area contributed by atoms with Gasteiger partial charge < -0.3 is 16.2 Å². The molecule has 0 heterocycles. The molecular weight excluding hydrogens is 311 g/mol. The van der Waals surface area contributed by atoms with Gasteiger partial charge in [0.1, 0.15) is 5.75 Å². The first-order valence-corrected chi connectivity index (χ1v) is 7.03. The van der Waals surface area contributed by atoms with Crippen LogP contribution in [0.15, 0.2) is 36.4 Å². The molecule has 4 nitrogen and oxygen atoms in total. The van der Waals surface area contributed by atoms with Crippen LogP contribution in [0.3, 0.4) is 0 Å². The van der Waals surface area contributed by atoms with Crippen molar-refractivity contribution in [3.63, 3.8) is 0 Å². The van der Waals surface area contributed by atoms with Gasteiger partial charge in [0.15, 0.2) is 0 Å². The van der Waals surface area contributed by atoms with Gasteiger partial charge in [-0.25, -0.2) is 0 Å². The zero-order valence-electron chi connectivity index (χ0n) is 11.1. The molecule has 110 valence electrons. The molecule has 21 heavy (non-hydrogen) atoms. The van der Waals surface area contributed by atoms with Crippen LogP contribution in [0.5, 0.6) is 5.75 Å². The van der Waals surface area contributed by atoms with Crippen LogP contribution < -0.4 is 11.1 Å². The van der Waals surface area contributed by atoms with Crippen molar-refractivity contribution < 1.29 is 9.90 Å². The minimum absolute atomic E-state index is 0.217. The monoisotopic (exact) mass is 324 g/mol. The third-order valence-corrected chi connectivity index (χ3v) is 3.77. The van der Waals surface area contributed by atoms with E-state index in [1.165, 1.54) is 12.1 Å². The first kappa shape index (κ1) is 15.5. The summed E-state index contributed by atoms with van der Waals surface area (Å²) >= 11 is 11.7. The molecule has 0 saturated heterocycles. The number of phenols is 1. The van der Waals surface area contributed by atoms with Crippen molar-refractivity contribution in [1.29, 1.82) is 0 Å². The smallest absolute Gasteiger partial charge is 0.251 e. The SMILES string of the molecule is Nc1cc(C(=O)NCCc2ccc(O)cc2)cc(Cl)c1Cl. The molecule has 0 aliphatic carbocycles. The standard InChI is InChI=1S/C15H14Cl2N2O2/c16-12-7-10(8-13(18)14(12)17)15(21)19-6-5-9-1-3-11(20)4-2-9/h1-4,7-8,20H,5-6,18H2,(H,19,21). The van der Waals surface area contributed by atoms with Gasteiger partial charge in [-0.15, -0.1) is 0 Å². The van der Waals surface area contributed by atoms with E-state index in [1.54, 1.807) is 24.3 Å². The Kier molecular flexibility index (Phi) is 4.94. The van der Waals surface area contributed by atoms with Gasteiger partial charge in [-0.1, -0.05) is 35.3 Å². The topological polar surface area (TPSA) is 75.4 Å². The first-order valence-electron chi connectivity index (χ1n) is 6.28. The number of anilines is 1. The maximum absolute atomic E-state index is 12.0. The maximum Gasteiger partial charge on any atom is 0.251 e. The molecule has 0 bridgehead atoms. The Morgan fingerprint density at radius 1 is 1.19 bits per heavy atom. The average molecular weight is 325 g/mol. The van der Waals surface area contributed by atoms with E-state index in [-0.39, 0.29) is 27.4 Å². The van der Waals surface area contributed by atoms with Gasteiger partial charge in [-0.3, -0.25) is 4.79 Å². The highest BCUT2D eigenvalue weighted by atomic mass is 35.5. The van der Waals surface area contributed by atoms with Crippen molar-refractivity contribution in [2.75, 3.05) is 12.3 Å². The first-order chi connectivity index (χ1) is 9.97. The molecule has 0 aliphatic heterocycles. The molecule has 4 N–H and O–H groups in total. The molecule has 2 aromatic rings. The largest absolute Gasteiger partial charge is 0.508 e. The van der Waals surface area contributed by atoms with Crippen molar-refractivity contribution in [1.82, 2.24) is 5.32 Å². The molecular formula is C15H14Cl2N2O2. The van der Waals surface area contributed by atoms with Crippen molar-refractivity contribution in [2.24, 2.45) is 0 Å². The summed E-state index contributed by atoms with van der Waals surface area (Å²) < 4.78 is 0. The molecule has 6 heteroatoms. The number of benzene rings is 2. The van der Waals surface area contributed by atoms with Crippen LogP contribution in [0.2, 0.25) is 10.0 Å². The number of phenolic OH excluding ortho intramolecular Hbond substituents is 1. The molecule has 0 spiro atoms. The second-order valence-electron chi connectivity index (χ2n) is 4.53. The lowest BCUT2D eigenvalue weighted by atomic mass is 10.1. The zero-order chi connectivity index (χ0) is 15.4. The predicted octanol–water partition coefficient (Wildman–Crippen LogP) is 3.25. The van der Waals surface area contributed by atoms with Crippen LogP contribution in [0.25, 0.3) is 0 Å². The summed E-state index contributed by atoms with van der Waals surface area (Å²) in [7, 11) is 0. The van der Waals surface area contributed by atoms with Gasteiger partial charge in [-0.05, 0) is 36.2 Å². The van der Waals surface area contributed by atoms with Gasteiger partial charge in [0.05, 0.1) is 15.7 Å². The van der Waals surface area contributed by atoms with E-state index in [0.29, 0.717) is 18.5 Å². The molecule has 2 rings (SSSR count). The molecule has 1 amide bonds. The lowest BCUT2D eigenvalue weighted by Gasteiger charge is -2.08. The van der Waals surface area contributed by atoms with Gasteiger partial charge in [0, 0.05) is 12.1 Å². The quantitative estimate of drug-likeness (QED) is 0.755. The molecule has 0 aromatic heterocycles. The van der Waals surface area contributed by atoms with E-state index >= 15 is 0 Å². The lowest BCUT2D eigenvalue weighted by Crippen LogP contribution is -2.25. The Balaban J connectivity index is 1.94. The molecule has 0 atom stereocenters. The summed E-state index contributed by atoms with van der Waals surface area (Å²) in [5, 5.41) is 12.5. The second-order valence-corrected chi connectivity index (χ2v) is 5.32. The fraction of sp³-hybridized carbons (Fsp3) is 0.133. The molecule has 0 aliphatic rings. The highest BCUT2D eigenvalue weighted by Crippen LogP contribution is 2.29. The average Bonchev–Trinajstić information content (AvgIpc) is 2.46. The van der Waals surface area contributed by atoms with Crippen LogP contribution >= 0.6 is 23.2 Å². The number of nitrogens with two attached hydrogens (primary N) is 1. The Hall–Kier alpha value is -1.91. The van der Waals surface area contributed by atoms with E-state index in [2.05, 4.69) is 5.32 Å². The highest BCUT2D eigenvalue weighted by molar-refractivity contribution is 6.43. The highest BCUT2D eigenvalue weighted by Gasteiger charge is 2.10. The summed E-state index contributed by atoms with van der Waals surface area (Å²) in [5.41, 5.74) is 7.33. The maximum atomic E-state index is 12.0. The van der Waals surface area contributed by atoms with Crippen LogP contribution in [0.1, 0.15) is 15.9 Å². The fourth-order valence-corrected chi connectivity index (χ4v) is 2.16. The van der Waals surface area contributed by atoms with Crippen molar-refractivity contribution in [3.05, 3.63) is 57.6 Å². The van der Waals surface area contributed by atoms with Crippen LogP contribution in [-0.2, 0) is 6.42 Å². The summed E-state index contributed by atoms with van der Waals surface area (Å²) in [6.45, 7) is 0.462. The van der Waals surface area contributed by atoms with E-state index in [0.717, 1.165) is 5.56 Å². The molecule has 2 aromatic carbocycles. The minimum atomic E-state index is -0.265. The number of carbonyl (C=O) groups excluding carboxylic acids is 1. The van der Waals surface area contributed by atoms with E-state index in [1.807, 2.05) is 0 Å². The van der Waals surface area contributed by atoms with Gasteiger partial charge in [0.2, 0.25) is 0 Å². The zero-order valence-corrected chi connectivity index (χ0v) is 12.6. The summed E-state index contributed by atoms with van der Waals surface area (Å²) in [6.07, 6.45) is 0.656. The predicted molar refractivity (Wildman–Crippen MR) is 85.0 cm³/mol. The lowest BCUT2D eigenvalue weighted by molar-refractivity contribution is 0.0954. The number of nitrogens with one attached hydrogen (secondary N) is 1. The number of nitrogen functional groups attached to an aromatic ring is 1. The number of aromatic hydroxyl groups is 1. The normalized spacial score (nSPS) is 10.4. The number of hydrogen-bond acceptors (Lipinski definition) is 3. The number of amides is 1. The molecule has 0 radical (unpaired) electrons. The summed E-state index contributed by atoms with van der Waals surface area (Å²) in [5.74, 6) is -0.0480. The third kappa shape index (κ3) is 4.03. The molecule has 0 fully saturated rings. The van der Waals surface area contributed by atoms with Crippen molar-refractivity contribution in [3.8, 4) is 5.75 Å².